The molecule has 2 aliphatic carbocycles. The Bertz CT molecular complexity index is 422. The van der Waals surface area contributed by atoms with E-state index >= 15 is 0 Å². The van der Waals surface area contributed by atoms with Crippen LogP contribution in [0.1, 0.15) is 54.4 Å². The van der Waals surface area contributed by atoms with E-state index in [0.29, 0.717) is 11.8 Å². The Morgan fingerprint density at radius 1 is 0.760 bits per heavy atom. The van der Waals surface area contributed by atoms with Crippen molar-refractivity contribution >= 4 is 25.4 Å². The maximum atomic E-state index is 12.0. The van der Waals surface area contributed by atoms with Crippen molar-refractivity contribution in [1.29, 1.82) is 0 Å². The Hall–Kier alpha value is 0.271. The highest BCUT2D eigenvalue weighted by Crippen LogP contribution is 2.53. The first-order chi connectivity index (χ1) is 11.8. The predicted octanol–water partition coefficient (Wildman–Crippen LogP) is 5.93. The normalized spacial score (nSPS) is 26.6. The van der Waals surface area contributed by atoms with Gasteiger partial charge >= 0.3 is 8.80 Å². The second-order valence-corrected chi connectivity index (χ2v) is 20.8. The second kappa shape index (κ2) is 8.52. The molecule has 0 heterocycles. The minimum atomic E-state index is -3.19. The Morgan fingerprint density at radius 2 is 1.20 bits per heavy atom. The molecule has 6 heteroatoms. The molecule has 1 fully saturated rings. The highest BCUT2D eigenvalue weighted by molar-refractivity contribution is 6.88. The molecule has 3 unspecified atom stereocenters. The van der Waals surface area contributed by atoms with Crippen LogP contribution in [0.15, 0.2) is 12.2 Å². The first-order valence-corrected chi connectivity index (χ1v) is 17.6. The number of fused-ring (bicyclic) bond motifs is 2. The fourth-order valence-corrected chi connectivity index (χ4v) is 19.5. The van der Waals surface area contributed by atoms with E-state index in [-0.39, 0.29) is 5.54 Å². The molecule has 0 aromatic rings. The average Bonchev–Trinajstić information content (AvgIpc) is 3.28. The largest absolute Gasteiger partial charge is 0.481 e. The zero-order valence-corrected chi connectivity index (χ0v) is 20.3. The lowest BCUT2D eigenvalue weighted by Gasteiger charge is -2.45. The van der Waals surface area contributed by atoms with Crippen molar-refractivity contribution in [2.24, 2.45) is 11.8 Å². The van der Waals surface area contributed by atoms with Crippen molar-refractivity contribution in [3.8, 4) is 0 Å². The quantitative estimate of drug-likeness (QED) is 0.345. The molecule has 1 saturated carbocycles. The first kappa shape index (κ1) is 21.6. The van der Waals surface area contributed by atoms with Crippen molar-refractivity contribution in [1.82, 2.24) is 0 Å². The Kier molecular flexibility index (Phi) is 7.35. The third-order valence-electron chi connectivity index (χ3n) is 7.34. The molecule has 3 nitrogen and oxygen atoms in total. The smallest absolute Gasteiger partial charge is 0.416 e. The minimum absolute atomic E-state index is 0.246. The molecule has 2 aliphatic rings. The van der Waals surface area contributed by atoms with Crippen LogP contribution in [-0.4, -0.2) is 30.2 Å². The Morgan fingerprint density at radius 3 is 1.48 bits per heavy atom. The molecule has 25 heavy (non-hydrogen) atoms. The molecular formula is C19H40O3Si3. The SMILES string of the molecule is CC[Si](CC)(CC)O[Si](O)(O[Si](CC)(CC)CC)C1CC2C=CC1C2. The summed E-state index contributed by atoms with van der Waals surface area (Å²) in [6, 6.07) is 6.47. The summed E-state index contributed by atoms with van der Waals surface area (Å²) in [5.74, 6) is 1.12. The molecule has 0 aliphatic heterocycles. The van der Waals surface area contributed by atoms with Gasteiger partial charge in [-0.3, -0.25) is 0 Å². The molecule has 0 saturated heterocycles. The summed E-state index contributed by atoms with van der Waals surface area (Å²) < 4.78 is 13.8. The summed E-state index contributed by atoms with van der Waals surface area (Å²) in [5.41, 5.74) is 0.246. The molecule has 0 aromatic carbocycles. The first-order valence-electron chi connectivity index (χ1n) is 10.7. The molecule has 2 bridgehead atoms. The highest BCUT2D eigenvalue weighted by Gasteiger charge is 2.59. The third-order valence-corrected chi connectivity index (χ3v) is 22.5. The van der Waals surface area contributed by atoms with E-state index in [4.69, 9.17) is 8.23 Å². The van der Waals surface area contributed by atoms with Crippen LogP contribution in [0.5, 0.6) is 0 Å². The van der Waals surface area contributed by atoms with Gasteiger partial charge in [-0.2, -0.15) is 0 Å². The summed E-state index contributed by atoms with van der Waals surface area (Å²) in [7, 11) is -7.00. The van der Waals surface area contributed by atoms with Crippen LogP contribution in [0.3, 0.4) is 0 Å². The lowest BCUT2D eigenvalue weighted by Crippen LogP contribution is -2.61. The van der Waals surface area contributed by atoms with Gasteiger partial charge in [0.05, 0.1) is 0 Å². The molecule has 0 amide bonds. The van der Waals surface area contributed by atoms with Crippen molar-refractivity contribution in [3.63, 3.8) is 0 Å². The van der Waals surface area contributed by atoms with Gasteiger partial charge in [0.25, 0.3) is 0 Å². The van der Waals surface area contributed by atoms with Crippen LogP contribution in [0.2, 0.25) is 41.8 Å². The standard InChI is InChI=1S/C19H40O3Si3/c1-7-23(8-2,9-3)21-25(20,22-24(10-4,11-5)12-6)19-16-17-13-14-18(19)15-17/h13-14,17-20H,7-12,15-16H2,1-6H3. The van der Waals surface area contributed by atoms with Crippen LogP contribution in [0.25, 0.3) is 0 Å². The Balaban J connectivity index is 2.35. The predicted molar refractivity (Wildman–Crippen MR) is 114 cm³/mol. The number of hydrogen-bond acceptors (Lipinski definition) is 3. The van der Waals surface area contributed by atoms with Gasteiger partial charge in [-0.15, -0.1) is 0 Å². The van der Waals surface area contributed by atoms with Crippen LogP contribution >= 0.6 is 0 Å². The van der Waals surface area contributed by atoms with E-state index in [1.54, 1.807) is 0 Å². The molecule has 0 aromatic heterocycles. The van der Waals surface area contributed by atoms with Gasteiger partial charge in [-0.25, -0.2) is 0 Å². The average molecular weight is 401 g/mol. The van der Waals surface area contributed by atoms with Crippen molar-refractivity contribution in [3.05, 3.63) is 12.2 Å². The molecule has 146 valence electrons. The monoisotopic (exact) mass is 400 g/mol. The summed E-state index contributed by atoms with van der Waals surface area (Å²) in [5, 5.41) is 0. The van der Waals surface area contributed by atoms with Gasteiger partial charge < -0.3 is 13.0 Å². The minimum Gasteiger partial charge on any atom is -0.416 e. The molecule has 3 atom stereocenters. The van der Waals surface area contributed by atoms with E-state index in [9.17, 15) is 4.80 Å². The maximum Gasteiger partial charge on any atom is 0.481 e. The lowest BCUT2D eigenvalue weighted by atomic mass is 10.1. The van der Waals surface area contributed by atoms with Gasteiger partial charge in [0.2, 0.25) is 0 Å². The topological polar surface area (TPSA) is 38.7 Å². The summed E-state index contributed by atoms with van der Waals surface area (Å²) in [4.78, 5) is 12.0. The molecular weight excluding hydrogens is 360 g/mol. The van der Waals surface area contributed by atoms with Crippen LogP contribution in [-0.2, 0) is 8.23 Å². The highest BCUT2D eigenvalue weighted by atomic mass is 28.5. The van der Waals surface area contributed by atoms with E-state index in [2.05, 4.69) is 53.7 Å². The van der Waals surface area contributed by atoms with Crippen LogP contribution in [0, 0.1) is 11.8 Å². The summed E-state index contributed by atoms with van der Waals surface area (Å²) in [6.45, 7) is 13.5. The number of allylic oxidation sites excluding steroid dienone is 2. The molecule has 0 radical (unpaired) electrons. The fraction of sp³-hybridized carbons (Fsp3) is 0.895. The van der Waals surface area contributed by atoms with Crippen molar-refractivity contribution < 1.29 is 13.0 Å². The van der Waals surface area contributed by atoms with Crippen LogP contribution < -0.4 is 0 Å². The fourth-order valence-electron chi connectivity index (χ4n) is 4.93. The van der Waals surface area contributed by atoms with E-state index in [0.717, 1.165) is 42.7 Å². The van der Waals surface area contributed by atoms with Gasteiger partial charge in [0, 0.05) is 5.54 Å². The van der Waals surface area contributed by atoms with Crippen molar-refractivity contribution in [2.75, 3.05) is 0 Å². The number of rotatable bonds is 11. The second-order valence-electron chi connectivity index (χ2n) is 8.21. The van der Waals surface area contributed by atoms with E-state index < -0.39 is 25.4 Å². The van der Waals surface area contributed by atoms with Gasteiger partial charge in [0.1, 0.15) is 0 Å². The van der Waals surface area contributed by atoms with E-state index in [1.807, 2.05) is 0 Å². The zero-order valence-electron chi connectivity index (χ0n) is 17.3. The van der Waals surface area contributed by atoms with Gasteiger partial charge in [-0.05, 0) is 60.9 Å². The summed E-state index contributed by atoms with van der Waals surface area (Å²) in [6.07, 6.45) is 6.96. The Labute approximate surface area is 158 Å². The van der Waals surface area contributed by atoms with Crippen molar-refractivity contribution in [2.45, 2.75) is 96.2 Å². The summed E-state index contributed by atoms with van der Waals surface area (Å²) >= 11 is 0. The molecule has 0 spiro atoms. The number of hydrogen-bond donors (Lipinski definition) is 1. The van der Waals surface area contributed by atoms with Gasteiger partial charge in [0.15, 0.2) is 16.6 Å². The van der Waals surface area contributed by atoms with Crippen LogP contribution in [0.4, 0.5) is 0 Å². The molecule has 1 N–H and O–H groups in total. The maximum absolute atomic E-state index is 12.0. The van der Waals surface area contributed by atoms with Gasteiger partial charge in [-0.1, -0.05) is 53.7 Å². The third kappa shape index (κ3) is 4.24. The molecule has 2 rings (SSSR count). The lowest BCUT2D eigenvalue weighted by molar-refractivity contribution is 0.211. The zero-order chi connectivity index (χ0) is 18.7. The van der Waals surface area contributed by atoms with E-state index in [1.165, 1.54) is 6.42 Å².